The van der Waals surface area contributed by atoms with E-state index in [0.29, 0.717) is 10.9 Å². The summed E-state index contributed by atoms with van der Waals surface area (Å²) >= 11 is 1.61. The van der Waals surface area contributed by atoms with Crippen LogP contribution in [-0.2, 0) is 14.8 Å². The Labute approximate surface area is 137 Å². The van der Waals surface area contributed by atoms with Gasteiger partial charge in [0, 0.05) is 5.69 Å². The average molecular weight is 345 g/mol. The lowest BCUT2D eigenvalue weighted by Gasteiger charge is -2.19. The normalized spacial score (nSPS) is 14.5. The number of hydrogen-bond donors (Lipinski definition) is 2. The van der Waals surface area contributed by atoms with Gasteiger partial charge < -0.3 is 5.32 Å². The summed E-state index contributed by atoms with van der Waals surface area (Å²) in [6.45, 7) is 7.87. The van der Waals surface area contributed by atoms with Crippen molar-refractivity contribution < 1.29 is 13.2 Å². The number of benzene rings is 1. The maximum absolute atomic E-state index is 12.1. The van der Waals surface area contributed by atoms with Gasteiger partial charge in [0.05, 0.1) is 17.5 Å². The fraction of sp³-hybridized carbons (Fsp3) is 0.533. The highest BCUT2D eigenvalue weighted by Gasteiger charge is 2.18. The molecular weight excluding hydrogens is 320 g/mol. The molecule has 0 saturated carbocycles. The third-order valence-electron chi connectivity index (χ3n) is 2.89. The highest BCUT2D eigenvalue weighted by atomic mass is 32.2. The summed E-state index contributed by atoms with van der Waals surface area (Å²) in [5.74, 6) is -0.0207. The molecule has 7 heteroatoms. The van der Waals surface area contributed by atoms with Gasteiger partial charge in [-0.15, -0.1) is 11.8 Å². The van der Waals surface area contributed by atoms with Crippen molar-refractivity contribution >= 4 is 33.4 Å². The minimum atomic E-state index is -3.31. The Morgan fingerprint density at radius 1 is 1.18 bits per heavy atom. The van der Waals surface area contributed by atoms with Gasteiger partial charge in [-0.1, -0.05) is 26.0 Å². The van der Waals surface area contributed by atoms with Crippen LogP contribution in [-0.4, -0.2) is 31.1 Å². The molecule has 0 radical (unpaired) electrons. The largest absolute Gasteiger partial charge is 0.349 e. The summed E-state index contributed by atoms with van der Waals surface area (Å²) in [5, 5.41) is 3.22. The number of anilines is 1. The zero-order valence-corrected chi connectivity index (χ0v) is 15.2. The quantitative estimate of drug-likeness (QED) is 0.797. The van der Waals surface area contributed by atoms with Crippen LogP contribution >= 0.6 is 11.8 Å². The van der Waals surface area contributed by atoms with Crippen molar-refractivity contribution in [1.29, 1.82) is 0 Å². The van der Waals surface area contributed by atoms with Crippen LogP contribution in [0.15, 0.2) is 24.3 Å². The molecule has 0 unspecified atom stereocenters. The highest BCUT2D eigenvalue weighted by molar-refractivity contribution is 8.01. The van der Waals surface area contributed by atoms with Crippen LogP contribution in [0.5, 0.6) is 0 Å². The van der Waals surface area contributed by atoms with E-state index >= 15 is 0 Å². The Bertz CT molecular complexity index is 615. The van der Waals surface area contributed by atoms with Crippen molar-refractivity contribution in [2.24, 2.45) is 0 Å². The molecular formula is C15H24N2O3S2. The van der Waals surface area contributed by atoms with E-state index in [9.17, 15) is 13.2 Å². The number of amides is 1. The predicted octanol–water partition coefficient (Wildman–Crippen LogP) is 2.77. The third kappa shape index (κ3) is 6.70. The van der Waals surface area contributed by atoms with Crippen molar-refractivity contribution in [1.82, 2.24) is 5.32 Å². The van der Waals surface area contributed by atoms with Crippen molar-refractivity contribution in [3.63, 3.8) is 0 Å². The van der Waals surface area contributed by atoms with Crippen LogP contribution in [0.25, 0.3) is 0 Å². The Morgan fingerprint density at radius 3 is 2.36 bits per heavy atom. The lowest BCUT2D eigenvalue weighted by Crippen LogP contribution is -2.33. The molecule has 0 aliphatic carbocycles. The van der Waals surface area contributed by atoms with Crippen LogP contribution in [0, 0.1) is 0 Å². The molecule has 5 nitrogen and oxygen atoms in total. The number of thioether (sulfide) groups is 1. The molecule has 0 bridgehead atoms. The molecule has 0 saturated heterocycles. The van der Waals surface area contributed by atoms with E-state index in [2.05, 4.69) is 23.9 Å². The smallest absolute Gasteiger partial charge is 0.233 e. The summed E-state index contributed by atoms with van der Waals surface area (Å²) < 4.78 is 25.0. The van der Waals surface area contributed by atoms with Crippen molar-refractivity contribution in [3.8, 4) is 0 Å². The molecule has 0 aliphatic heterocycles. The van der Waals surface area contributed by atoms with Crippen molar-refractivity contribution in [3.05, 3.63) is 29.8 Å². The van der Waals surface area contributed by atoms with Crippen molar-refractivity contribution in [2.75, 3.05) is 11.0 Å². The Kier molecular flexibility index (Phi) is 6.74. The number of rotatable bonds is 7. The molecule has 1 rings (SSSR count). The lowest BCUT2D eigenvalue weighted by molar-refractivity contribution is -0.120. The Morgan fingerprint density at radius 2 is 1.82 bits per heavy atom. The van der Waals surface area contributed by atoms with Gasteiger partial charge in [-0.25, -0.2) is 8.42 Å². The molecule has 0 heterocycles. The van der Waals surface area contributed by atoms with Crippen molar-refractivity contribution in [2.45, 2.75) is 44.2 Å². The fourth-order valence-corrected chi connectivity index (χ4v) is 3.53. The first-order valence-electron chi connectivity index (χ1n) is 7.12. The first kappa shape index (κ1) is 18.8. The van der Waals surface area contributed by atoms with Crippen LogP contribution in [0.3, 0.4) is 0 Å². The maximum Gasteiger partial charge on any atom is 0.233 e. The van der Waals surface area contributed by atoms with Gasteiger partial charge in [0.1, 0.15) is 0 Å². The second-order valence-electron chi connectivity index (χ2n) is 5.56. The Hall–Kier alpha value is -1.21. The molecule has 22 heavy (non-hydrogen) atoms. The summed E-state index contributed by atoms with van der Waals surface area (Å²) in [5.41, 5.74) is 1.34. The van der Waals surface area contributed by atoms with Gasteiger partial charge >= 0.3 is 0 Å². The van der Waals surface area contributed by atoms with E-state index in [4.69, 9.17) is 0 Å². The predicted molar refractivity (Wildman–Crippen MR) is 93.7 cm³/mol. The topological polar surface area (TPSA) is 75.3 Å². The fourth-order valence-electron chi connectivity index (χ4n) is 1.97. The molecule has 2 N–H and O–H groups in total. The van der Waals surface area contributed by atoms with Gasteiger partial charge in [0.15, 0.2) is 0 Å². The van der Waals surface area contributed by atoms with Crippen LogP contribution < -0.4 is 10.0 Å². The minimum Gasteiger partial charge on any atom is -0.349 e. The van der Waals surface area contributed by atoms with Gasteiger partial charge in [-0.05, 0) is 36.8 Å². The molecule has 2 atom stereocenters. The molecule has 124 valence electrons. The molecule has 1 amide bonds. The maximum atomic E-state index is 12.1. The zero-order valence-electron chi connectivity index (χ0n) is 13.6. The number of carbonyl (C=O) groups excluding carboxylic acids is 1. The highest BCUT2D eigenvalue weighted by Crippen LogP contribution is 2.21. The zero-order chi connectivity index (χ0) is 16.9. The molecule has 0 aliphatic rings. The number of carbonyl (C=O) groups is 1. The molecule has 0 spiro atoms. The van der Waals surface area contributed by atoms with E-state index in [0.717, 1.165) is 11.8 Å². The third-order valence-corrected chi connectivity index (χ3v) is 4.67. The number of hydrogen-bond acceptors (Lipinski definition) is 4. The van der Waals surface area contributed by atoms with Gasteiger partial charge in [0.25, 0.3) is 0 Å². The first-order chi connectivity index (χ1) is 10.1. The number of sulfonamides is 1. The van der Waals surface area contributed by atoms with Gasteiger partial charge in [0.2, 0.25) is 15.9 Å². The summed E-state index contributed by atoms with van der Waals surface area (Å²) in [7, 11) is -3.31. The Balaban J connectivity index is 2.75. The van der Waals surface area contributed by atoms with Crippen LogP contribution in [0.2, 0.25) is 0 Å². The molecule has 0 fully saturated rings. The minimum absolute atomic E-state index is 0.0207. The van der Waals surface area contributed by atoms with E-state index in [-0.39, 0.29) is 17.2 Å². The van der Waals surface area contributed by atoms with E-state index in [1.54, 1.807) is 30.0 Å². The molecule has 1 aromatic carbocycles. The average Bonchev–Trinajstić information content (AvgIpc) is 2.36. The molecule has 0 aromatic heterocycles. The molecule has 1 aromatic rings. The van der Waals surface area contributed by atoms with Gasteiger partial charge in [-0.3, -0.25) is 9.52 Å². The second-order valence-corrected chi connectivity index (χ2v) is 9.23. The standard InChI is InChI=1S/C15H24N2O3S2/c1-10(2)21-12(4)15(18)16-11(3)13-7-6-8-14(9-13)17-22(5,19)20/h6-12,17H,1-5H3,(H,16,18)/t11-,12-/m1/s1. The SMILES string of the molecule is CC(C)S[C@H](C)C(=O)N[C@H](C)c1cccc(NS(C)(=O)=O)c1. The lowest BCUT2D eigenvalue weighted by atomic mass is 10.1. The van der Waals surface area contributed by atoms with E-state index < -0.39 is 10.0 Å². The number of nitrogens with one attached hydrogen (secondary N) is 2. The summed E-state index contributed by atoms with van der Waals surface area (Å²) in [6.07, 6.45) is 1.11. The second kappa shape index (κ2) is 7.87. The van der Waals surface area contributed by atoms with E-state index in [1.807, 2.05) is 19.9 Å². The van der Waals surface area contributed by atoms with Crippen LogP contribution in [0.4, 0.5) is 5.69 Å². The monoisotopic (exact) mass is 344 g/mol. The summed E-state index contributed by atoms with van der Waals surface area (Å²) in [6, 6.07) is 6.84. The summed E-state index contributed by atoms with van der Waals surface area (Å²) in [4.78, 5) is 12.1. The van der Waals surface area contributed by atoms with Crippen LogP contribution in [0.1, 0.15) is 39.3 Å². The van der Waals surface area contributed by atoms with E-state index in [1.165, 1.54) is 0 Å². The van der Waals surface area contributed by atoms with Gasteiger partial charge in [-0.2, -0.15) is 0 Å². The first-order valence-corrected chi connectivity index (χ1v) is 9.95.